The number of nitrogens with two attached hydrogens (primary N) is 1. The largest absolute Gasteiger partial charge is 0.397 e. The van der Waals surface area contributed by atoms with Crippen LogP contribution in [0.2, 0.25) is 0 Å². The van der Waals surface area contributed by atoms with Crippen LogP contribution in [0.3, 0.4) is 0 Å². The quantitative estimate of drug-likeness (QED) is 0.645. The topological polar surface area (TPSA) is 49.5 Å². The highest BCUT2D eigenvalue weighted by Crippen LogP contribution is 2.30. The molecule has 1 aromatic rings. The number of hydrogen-bond acceptors (Lipinski definition) is 3. The number of aliphatic hydroxyl groups excluding tert-OH is 1. The highest BCUT2D eigenvalue weighted by atomic mass is 127. The molecule has 0 aromatic heterocycles. The van der Waals surface area contributed by atoms with Gasteiger partial charge in [-0.15, -0.1) is 0 Å². The summed E-state index contributed by atoms with van der Waals surface area (Å²) in [7, 11) is 0. The van der Waals surface area contributed by atoms with E-state index in [0.717, 1.165) is 27.9 Å². The molecule has 4 heteroatoms. The first-order valence-corrected chi connectivity index (χ1v) is 6.73. The third kappa shape index (κ3) is 2.43. The second-order valence-electron chi connectivity index (χ2n) is 4.23. The molecule has 0 amide bonds. The van der Waals surface area contributed by atoms with Crippen LogP contribution in [0.25, 0.3) is 0 Å². The minimum absolute atomic E-state index is 0.214. The summed E-state index contributed by atoms with van der Waals surface area (Å²) in [5, 5.41) is 9.38. The molecule has 1 unspecified atom stereocenters. The maximum absolute atomic E-state index is 9.38. The number of nitrogen functional groups attached to an aromatic ring is 1. The van der Waals surface area contributed by atoms with Gasteiger partial charge in [0.1, 0.15) is 0 Å². The molecular weight excluding hydrogens is 315 g/mol. The standard InChI is InChI=1S/C12H17IN2O/c13-9-4-5-12(11(14)7-9)15-6-2-1-3-10(15)8-16/h4-5,7,10,16H,1-3,6,8,14H2. The molecule has 1 fully saturated rings. The second-order valence-corrected chi connectivity index (χ2v) is 5.47. The van der Waals surface area contributed by atoms with E-state index < -0.39 is 0 Å². The van der Waals surface area contributed by atoms with Crippen molar-refractivity contribution >= 4 is 34.0 Å². The molecule has 1 heterocycles. The van der Waals surface area contributed by atoms with Crippen molar-refractivity contribution < 1.29 is 5.11 Å². The molecule has 3 N–H and O–H groups in total. The number of piperidine rings is 1. The Bertz CT molecular complexity index is 370. The van der Waals surface area contributed by atoms with Gasteiger partial charge in [0.2, 0.25) is 0 Å². The maximum atomic E-state index is 9.38. The van der Waals surface area contributed by atoms with Crippen LogP contribution >= 0.6 is 22.6 Å². The fourth-order valence-electron chi connectivity index (χ4n) is 2.29. The molecule has 16 heavy (non-hydrogen) atoms. The summed E-state index contributed by atoms with van der Waals surface area (Å²) in [6, 6.07) is 6.34. The van der Waals surface area contributed by atoms with E-state index in [0.29, 0.717) is 0 Å². The summed E-state index contributed by atoms with van der Waals surface area (Å²) in [6.45, 7) is 1.21. The number of rotatable bonds is 2. The smallest absolute Gasteiger partial charge is 0.0635 e. The van der Waals surface area contributed by atoms with Crippen LogP contribution in [0.5, 0.6) is 0 Å². The van der Waals surface area contributed by atoms with Gasteiger partial charge in [0, 0.05) is 10.1 Å². The van der Waals surface area contributed by atoms with Crippen molar-refractivity contribution in [3.8, 4) is 0 Å². The van der Waals surface area contributed by atoms with Crippen molar-refractivity contribution in [1.82, 2.24) is 0 Å². The van der Waals surface area contributed by atoms with Gasteiger partial charge in [-0.05, 0) is 60.1 Å². The van der Waals surface area contributed by atoms with Gasteiger partial charge in [0.25, 0.3) is 0 Å². The third-order valence-electron chi connectivity index (χ3n) is 3.14. The van der Waals surface area contributed by atoms with Gasteiger partial charge in [-0.1, -0.05) is 0 Å². The maximum Gasteiger partial charge on any atom is 0.0635 e. The Kier molecular flexibility index (Phi) is 3.91. The van der Waals surface area contributed by atoms with Crippen LogP contribution in [-0.2, 0) is 0 Å². The van der Waals surface area contributed by atoms with Gasteiger partial charge in [-0.25, -0.2) is 0 Å². The van der Waals surface area contributed by atoms with Gasteiger partial charge >= 0.3 is 0 Å². The molecule has 0 bridgehead atoms. The fourth-order valence-corrected chi connectivity index (χ4v) is 2.81. The van der Waals surface area contributed by atoms with Gasteiger partial charge in [-0.3, -0.25) is 0 Å². The van der Waals surface area contributed by atoms with Crippen LogP contribution in [0.1, 0.15) is 19.3 Å². The SMILES string of the molecule is Nc1cc(I)ccc1N1CCCCC1CO. The predicted molar refractivity (Wildman–Crippen MR) is 75.6 cm³/mol. The number of halogens is 1. The van der Waals surface area contributed by atoms with E-state index in [1.54, 1.807) is 0 Å². The summed E-state index contributed by atoms with van der Waals surface area (Å²) in [5.74, 6) is 0. The van der Waals surface area contributed by atoms with Gasteiger partial charge in [0.15, 0.2) is 0 Å². The lowest BCUT2D eigenvalue weighted by atomic mass is 10.0. The Balaban J connectivity index is 2.27. The molecular formula is C12H17IN2O. The molecule has 0 spiro atoms. The number of nitrogens with zero attached hydrogens (tertiary/aromatic N) is 1. The molecule has 3 nitrogen and oxygen atoms in total. The molecule has 1 aliphatic heterocycles. The van der Waals surface area contributed by atoms with E-state index in [4.69, 9.17) is 5.73 Å². The first-order chi connectivity index (χ1) is 7.72. The molecule has 1 atom stereocenters. The van der Waals surface area contributed by atoms with E-state index in [9.17, 15) is 5.11 Å². The first kappa shape index (κ1) is 12.0. The zero-order valence-corrected chi connectivity index (χ0v) is 11.4. The third-order valence-corrected chi connectivity index (χ3v) is 3.81. The zero-order chi connectivity index (χ0) is 11.5. The van der Waals surface area contributed by atoms with E-state index in [1.165, 1.54) is 12.8 Å². The fraction of sp³-hybridized carbons (Fsp3) is 0.500. The number of hydrogen-bond donors (Lipinski definition) is 2. The van der Waals surface area contributed by atoms with E-state index in [-0.39, 0.29) is 12.6 Å². The molecule has 0 saturated carbocycles. The van der Waals surface area contributed by atoms with E-state index in [2.05, 4.69) is 39.6 Å². The van der Waals surface area contributed by atoms with Crippen LogP contribution in [-0.4, -0.2) is 24.3 Å². The Morgan fingerprint density at radius 2 is 2.25 bits per heavy atom. The molecule has 2 rings (SSSR count). The Hall–Kier alpha value is -0.490. The highest BCUT2D eigenvalue weighted by Gasteiger charge is 2.23. The van der Waals surface area contributed by atoms with Gasteiger partial charge < -0.3 is 15.7 Å². The Labute approximate surface area is 110 Å². The Morgan fingerprint density at radius 1 is 1.44 bits per heavy atom. The van der Waals surface area contributed by atoms with Crippen LogP contribution in [0.15, 0.2) is 18.2 Å². The lowest BCUT2D eigenvalue weighted by Crippen LogP contribution is -2.42. The molecule has 88 valence electrons. The predicted octanol–water partition coefficient (Wildman–Crippen LogP) is 2.22. The van der Waals surface area contributed by atoms with Crippen LogP contribution < -0.4 is 10.6 Å². The minimum atomic E-state index is 0.214. The summed E-state index contributed by atoms with van der Waals surface area (Å²) in [5.41, 5.74) is 7.92. The summed E-state index contributed by atoms with van der Waals surface area (Å²) < 4.78 is 1.15. The first-order valence-electron chi connectivity index (χ1n) is 5.65. The van der Waals surface area contributed by atoms with Gasteiger partial charge in [-0.2, -0.15) is 0 Å². The number of benzene rings is 1. The molecule has 1 aliphatic rings. The minimum Gasteiger partial charge on any atom is -0.397 e. The normalized spacial score (nSPS) is 21.1. The van der Waals surface area contributed by atoms with Crippen molar-refractivity contribution in [2.24, 2.45) is 0 Å². The second kappa shape index (κ2) is 5.23. The highest BCUT2D eigenvalue weighted by molar-refractivity contribution is 14.1. The van der Waals surface area contributed by atoms with Crippen LogP contribution in [0, 0.1) is 3.57 Å². The van der Waals surface area contributed by atoms with Crippen molar-refractivity contribution in [3.05, 3.63) is 21.8 Å². The molecule has 1 saturated heterocycles. The lowest BCUT2D eigenvalue weighted by Gasteiger charge is -2.37. The molecule has 1 aromatic carbocycles. The zero-order valence-electron chi connectivity index (χ0n) is 9.19. The Morgan fingerprint density at radius 3 is 2.94 bits per heavy atom. The monoisotopic (exact) mass is 332 g/mol. The number of aliphatic hydroxyl groups is 1. The molecule has 0 radical (unpaired) electrons. The summed E-state index contributed by atoms with van der Waals surface area (Å²) >= 11 is 2.26. The van der Waals surface area contributed by atoms with Crippen molar-refractivity contribution in [1.29, 1.82) is 0 Å². The summed E-state index contributed by atoms with van der Waals surface area (Å²) in [4.78, 5) is 2.24. The van der Waals surface area contributed by atoms with Gasteiger partial charge in [0.05, 0.1) is 24.0 Å². The summed E-state index contributed by atoms with van der Waals surface area (Å²) in [6.07, 6.45) is 3.44. The van der Waals surface area contributed by atoms with Crippen LogP contribution in [0.4, 0.5) is 11.4 Å². The van der Waals surface area contributed by atoms with Crippen molar-refractivity contribution in [2.75, 3.05) is 23.8 Å². The average molecular weight is 332 g/mol. The number of anilines is 2. The molecule has 0 aliphatic carbocycles. The van der Waals surface area contributed by atoms with E-state index in [1.807, 2.05) is 6.07 Å². The van der Waals surface area contributed by atoms with Crippen molar-refractivity contribution in [3.63, 3.8) is 0 Å². The van der Waals surface area contributed by atoms with Crippen molar-refractivity contribution in [2.45, 2.75) is 25.3 Å². The lowest BCUT2D eigenvalue weighted by molar-refractivity contribution is 0.240. The average Bonchev–Trinajstić information content (AvgIpc) is 2.29. The van der Waals surface area contributed by atoms with E-state index >= 15 is 0 Å².